The molecule has 10 heteroatoms. The number of anilines is 1. The molecule has 1 aliphatic rings. The Morgan fingerprint density at radius 1 is 1.00 bits per heavy atom. The lowest BCUT2D eigenvalue weighted by molar-refractivity contribution is -0.117. The second-order valence-corrected chi connectivity index (χ2v) is 10.4. The molecule has 1 aromatic heterocycles. The van der Waals surface area contributed by atoms with Gasteiger partial charge in [-0.25, -0.2) is 13.1 Å². The highest BCUT2D eigenvalue weighted by molar-refractivity contribution is 7.89. The SMILES string of the molecule is Cc1ccc(S(=O)(=O)N2CCN(CC(=O)Nc3ccnn3Cc3ccc(Cl)cc3)CC2)cc1. The molecule has 1 saturated heterocycles. The summed E-state index contributed by atoms with van der Waals surface area (Å²) >= 11 is 5.94. The lowest BCUT2D eigenvalue weighted by Crippen LogP contribution is -2.50. The van der Waals surface area contributed by atoms with Crippen molar-refractivity contribution in [2.45, 2.75) is 18.4 Å². The maximum Gasteiger partial charge on any atom is 0.243 e. The average molecular weight is 488 g/mol. The molecule has 0 atom stereocenters. The number of benzene rings is 2. The number of piperazine rings is 1. The zero-order valence-electron chi connectivity index (χ0n) is 18.3. The van der Waals surface area contributed by atoms with Crippen LogP contribution in [-0.2, 0) is 21.4 Å². The van der Waals surface area contributed by atoms with E-state index < -0.39 is 10.0 Å². The van der Waals surface area contributed by atoms with Gasteiger partial charge in [-0.2, -0.15) is 9.40 Å². The van der Waals surface area contributed by atoms with Crippen LogP contribution in [0.1, 0.15) is 11.1 Å². The first kappa shape index (κ1) is 23.4. The molecule has 0 aliphatic carbocycles. The standard InChI is InChI=1S/C23H26ClN5O3S/c1-18-2-8-21(9-3-18)33(31,32)28-14-12-27(13-15-28)17-23(30)26-22-10-11-25-29(22)16-19-4-6-20(24)7-5-19/h2-11H,12-17H2,1H3,(H,26,30). The first-order chi connectivity index (χ1) is 15.8. The van der Waals surface area contributed by atoms with Crippen molar-refractivity contribution in [3.05, 3.63) is 76.9 Å². The highest BCUT2D eigenvalue weighted by Crippen LogP contribution is 2.18. The van der Waals surface area contributed by atoms with E-state index in [1.165, 1.54) is 4.31 Å². The van der Waals surface area contributed by atoms with E-state index >= 15 is 0 Å². The molecule has 3 aromatic rings. The number of carbonyl (C=O) groups excluding carboxylic acids is 1. The quantitative estimate of drug-likeness (QED) is 0.553. The van der Waals surface area contributed by atoms with Crippen LogP contribution in [0.3, 0.4) is 0 Å². The number of amides is 1. The van der Waals surface area contributed by atoms with Gasteiger partial charge in [0.1, 0.15) is 5.82 Å². The lowest BCUT2D eigenvalue weighted by Gasteiger charge is -2.33. The summed E-state index contributed by atoms with van der Waals surface area (Å²) in [5.41, 5.74) is 2.03. The third-order valence-electron chi connectivity index (χ3n) is 5.59. The Morgan fingerprint density at radius 3 is 2.33 bits per heavy atom. The van der Waals surface area contributed by atoms with Crippen LogP contribution >= 0.6 is 11.6 Å². The second kappa shape index (κ2) is 10.0. The fourth-order valence-corrected chi connectivity index (χ4v) is 5.25. The number of hydrogen-bond donors (Lipinski definition) is 1. The summed E-state index contributed by atoms with van der Waals surface area (Å²) in [7, 11) is -3.52. The number of sulfonamides is 1. The fraction of sp³-hybridized carbons (Fsp3) is 0.304. The third-order valence-corrected chi connectivity index (χ3v) is 7.75. The van der Waals surface area contributed by atoms with Crippen molar-refractivity contribution in [3.8, 4) is 0 Å². The number of nitrogens with one attached hydrogen (secondary N) is 1. The van der Waals surface area contributed by atoms with E-state index in [1.807, 2.05) is 36.1 Å². The molecule has 1 N–H and O–H groups in total. The molecule has 1 fully saturated rings. The molecule has 0 unspecified atom stereocenters. The molecule has 0 bridgehead atoms. The number of aromatic nitrogens is 2. The Hall–Kier alpha value is -2.72. The van der Waals surface area contributed by atoms with Gasteiger partial charge in [-0.15, -0.1) is 0 Å². The summed E-state index contributed by atoms with van der Waals surface area (Å²) in [5.74, 6) is 0.443. The Balaban J connectivity index is 1.30. The fourth-order valence-electron chi connectivity index (χ4n) is 3.70. The Labute approximate surface area is 198 Å². The lowest BCUT2D eigenvalue weighted by atomic mass is 10.2. The molecule has 174 valence electrons. The number of nitrogens with zero attached hydrogens (tertiary/aromatic N) is 4. The number of aryl methyl sites for hydroxylation is 1. The molecule has 1 aliphatic heterocycles. The van der Waals surface area contributed by atoms with Gasteiger partial charge in [0.15, 0.2) is 0 Å². The number of halogens is 1. The Bertz CT molecular complexity index is 1200. The van der Waals surface area contributed by atoms with Crippen LogP contribution in [0, 0.1) is 6.92 Å². The van der Waals surface area contributed by atoms with Crippen molar-refractivity contribution in [1.82, 2.24) is 19.0 Å². The molecule has 2 heterocycles. The molecular formula is C23H26ClN5O3S. The van der Waals surface area contributed by atoms with Gasteiger partial charge < -0.3 is 5.32 Å². The van der Waals surface area contributed by atoms with E-state index in [9.17, 15) is 13.2 Å². The van der Waals surface area contributed by atoms with Gasteiger partial charge in [0, 0.05) is 37.3 Å². The Morgan fingerprint density at radius 2 is 1.67 bits per heavy atom. The van der Waals surface area contributed by atoms with Gasteiger partial charge in [-0.05, 0) is 36.8 Å². The number of hydrogen-bond acceptors (Lipinski definition) is 5. The van der Waals surface area contributed by atoms with Gasteiger partial charge in [0.05, 0.1) is 24.2 Å². The summed E-state index contributed by atoms with van der Waals surface area (Å²) in [5, 5.41) is 7.86. The van der Waals surface area contributed by atoms with Crippen LogP contribution in [0.5, 0.6) is 0 Å². The molecule has 4 rings (SSSR count). The van der Waals surface area contributed by atoms with Crippen LogP contribution in [0.25, 0.3) is 0 Å². The summed E-state index contributed by atoms with van der Waals surface area (Å²) in [6, 6.07) is 16.1. The van der Waals surface area contributed by atoms with Crippen LogP contribution in [-0.4, -0.2) is 66.0 Å². The van der Waals surface area contributed by atoms with E-state index in [0.29, 0.717) is 48.5 Å². The number of carbonyl (C=O) groups is 1. The van der Waals surface area contributed by atoms with E-state index in [2.05, 4.69) is 10.4 Å². The van der Waals surface area contributed by atoms with Gasteiger partial charge in [-0.3, -0.25) is 9.69 Å². The molecular weight excluding hydrogens is 462 g/mol. The third kappa shape index (κ3) is 5.80. The van der Waals surface area contributed by atoms with Gasteiger partial charge in [-0.1, -0.05) is 41.4 Å². The maximum absolute atomic E-state index is 12.9. The predicted octanol–water partition coefficient (Wildman–Crippen LogP) is 2.84. The maximum atomic E-state index is 12.9. The van der Waals surface area contributed by atoms with E-state index in [1.54, 1.807) is 41.2 Å². The number of rotatable bonds is 7. The highest BCUT2D eigenvalue weighted by atomic mass is 35.5. The van der Waals surface area contributed by atoms with Crippen molar-refractivity contribution in [1.29, 1.82) is 0 Å². The first-order valence-corrected chi connectivity index (χ1v) is 12.5. The van der Waals surface area contributed by atoms with Gasteiger partial charge >= 0.3 is 0 Å². The minimum atomic E-state index is -3.52. The molecule has 0 radical (unpaired) electrons. The zero-order valence-corrected chi connectivity index (χ0v) is 19.9. The monoisotopic (exact) mass is 487 g/mol. The molecule has 33 heavy (non-hydrogen) atoms. The van der Waals surface area contributed by atoms with Crippen molar-refractivity contribution in [2.24, 2.45) is 0 Å². The van der Waals surface area contributed by atoms with E-state index in [-0.39, 0.29) is 12.5 Å². The summed E-state index contributed by atoms with van der Waals surface area (Å²) in [6.45, 7) is 4.28. The minimum Gasteiger partial charge on any atom is -0.310 e. The van der Waals surface area contributed by atoms with E-state index in [0.717, 1.165) is 11.1 Å². The Kier molecular flexibility index (Phi) is 7.14. The van der Waals surface area contributed by atoms with Crippen molar-refractivity contribution < 1.29 is 13.2 Å². The first-order valence-electron chi connectivity index (χ1n) is 10.7. The predicted molar refractivity (Wildman–Crippen MR) is 128 cm³/mol. The van der Waals surface area contributed by atoms with E-state index in [4.69, 9.17) is 11.6 Å². The van der Waals surface area contributed by atoms with Gasteiger partial charge in [0.2, 0.25) is 15.9 Å². The summed E-state index contributed by atoms with van der Waals surface area (Å²) in [4.78, 5) is 14.9. The largest absolute Gasteiger partial charge is 0.310 e. The molecule has 2 aromatic carbocycles. The normalized spacial score (nSPS) is 15.5. The van der Waals surface area contributed by atoms with Crippen LogP contribution in [0.2, 0.25) is 5.02 Å². The average Bonchev–Trinajstić information content (AvgIpc) is 3.22. The van der Waals surface area contributed by atoms with Crippen molar-refractivity contribution >= 4 is 33.3 Å². The second-order valence-electron chi connectivity index (χ2n) is 8.04. The molecule has 0 spiro atoms. The molecule has 8 nitrogen and oxygen atoms in total. The van der Waals surface area contributed by atoms with Crippen molar-refractivity contribution in [3.63, 3.8) is 0 Å². The minimum absolute atomic E-state index is 0.164. The topological polar surface area (TPSA) is 87.5 Å². The molecule has 0 saturated carbocycles. The summed E-state index contributed by atoms with van der Waals surface area (Å²) in [6.07, 6.45) is 1.64. The van der Waals surface area contributed by atoms with Crippen LogP contribution < -0.4 is 5.32 Å². The van der Waals surface area contributed by atoms with Crippen molar-refractivity contribution in [2.75, 3.05) is 38.0 Å². The summed E-state index contributed by atoms with van der Waals surface area (Å²) < 4.78 is 28.9. The zero-order chi connectivity index (χ0) is 23.4. The highest BCUT2D eigenvalue weighted by Gasteiger charge is 2.29. The molecule has 1 amide bonds. The smallest absolute Gasteiger partial charge is 0.243 e. The van der Waals surface area contributed by atoms with Crippen LogP contribution in [0.15, 0.2) is 65.7 Å². The van der Waals surface area contributed by atoms with Gasteiger partial charge in [0.25, 0.3) is 0 Å². The van der Waals surface area contributed by atoms with Crippen LogP contribution in [0.4, 0.5) is 5.82 Å².